The lowest BCUT2D eigenvalue weighted by Gasteiger charge is -2.21. The van der Waals surface area contributed by atoms with Gasteiger partial charge < -0.3 is 5.73 Å². The summed E-state index contributed by atoms with van der Waals surface area (Å²) < 4.78 is 27.1. The normalized spacial score (nSPS) is 15.7. The third-order valence-corrected chi connectivity index (χ3v) is 6.04. The number of pyridine rings is 1. The van der Waals surface area contributed by atoms with Gasteiger partial charge in [0.15, 0.2) is 0 Å². The van der Waals surface area contributed by atoms with E-state index in [1.165, 1.54) is 12.3 Å². The Morgan fingerprint density at radius 1 is 1.35 bits per heavy atom. The molecule has 1 fully saturated rings. The molecule has 20 heavy (non-hydrogen) atoms. The van der Waals surface area contributed by atoms with Crippen LogP contribution in [-0.4, -0.2) is 23.7 Å². The zero-order valence-corrected chi connectivity index (χ0v) is 12.4. The fourth-order valence-corrected chi connectivity index (χ4v) is 4.59. The van der Waals surface area contributed by atoms with Crippen molar-refractivity contribution in [3.8, 4) is 0 Å². The second-order valence-electron chi connectivity index (χ2n) is 4.75. The van der Waals surface area contributed by atoms with Crippen LogP contribution in [-0.2, 0) is 16.6 Å². The summed E-state index contributed by atoms with van der Waals surface area (Å²) in [6, 6.07) is 7.07. The first-order chi connectivity index (χ1) is 9.59. The van der Waals surface area contributed by atoms with Gasteiger partial charge in [-0.1, -0.05) is 6.07 Å². The van der Waals surface area contributed by atoms with Gasteiger partial charge in [-0.3, -0.25) is 0 Å². The summed E-state index contributed by atoms with van der Waals surface area (Å²) >= 11 is 1.56. The van der Waals surface area contributed by atoms with Crippen molar-refractivity contribution in [2.24, 2.45) is 0 Å². The van der Waals surface area contributed by atoms with E-state index in [0.717, 1.165) is 17.7 Å². The van der Waals surface area contributed by atoms with Gasteiger partial charge in [0.1, 0.15) is 10.7 Å². The maximum Gasteiger partial charge on any atom is 0.247 e. The highest BCUT2D eigenvalue weighted by Gasteiger charge is 2.39. The lowest BCUT2D eigenvalue weighted by atomic mass is 10.4. The second-order valence-corrected chi connectivity index (χ2v) is 7.64. The van der Waals surface area contributed by atoms with E-state index >= 15 is 0 Å². The Morgan fingerprint density at radius 3 is 2.75 bits per heavy atom. The van der Waals surface area contributed by atoms with Crippen molar-refractivity contribution >= 4 is 27.2 Å². The number of aromatic nitrogens is 1. The average molecular weight is 309 g/mol. The largest absolute Gasteiger partial charge is 0.383 e. The molecule has 3 rings (SSSR count). The van der Waals surface area contributed by atoms with Crippen molar-refractivity contribution < 1.29 is 8.42 Å². The van der Waals surface area contributed by atoms with Gasteiger partial charge in [-0.25, -0.2) is 13.4 Å². The summed E-state index contributed by atoms with van der Waals surface area (Å²) in [7, 11) is -3.59. The first-order valence-corrected chi connectivity index (χ1v) is 8.66. The van der Waals surface area contributed by atoms with Crippen molar-refractivity contribution in [2.75, 3.05) is 5.73 Å². The van der Waals surface area contributed by atoms with E-state index in [4.69, 9.17) is 5.73 Å². The lowest BCUT2D eigenvalue weighted by molar-refractivity contribution is 0.401. The average Bonchev–Trinajstić information content (AvgIpc) is 3.12. The summed E-state index contributed by atoms with van der Waals surface area (Å²) in [5, 5.41) is 1.95. The summed E-state index contributed by atoms with van der Waals surface area (Å²) in [5.74, 6) is 0.0596. The van der Waals surface area contributed by atoms with Crippen molar-refractivity contribution in [2.45, 2.75) is 30.3 Å². The molecular weight excluding hydrogens is 294 g/mol. The van der Waals surface area contributed by atoms with Crippen LogP contribution in [0.2, 0.25) is 0 Å². The number of nitrogens with two attached hydrogens (primary N) is 1. The highest BCUT2D eigenvalue weighted by Crippen LogP contribution is 2.35. The highest BCUT2D eigenvalue weighted by molar-refractivity contribution is 7.89. The predicted molar refractivity (Wildman–Crippen MR) is 78.7 cm³/mol. The Labute approximate surface area is 122 Å². The minimum absolute atomic E-state index is 0.0596. The number of rotatable bonds is 5. The molecule has 2 aromatic rings. The van der Waals surface area contributed by atoms with E-state index in [0.29, 0.717) is 6.54 Å². The number of nitrogen functional groups attached to an aromatic ring is 1. The monoisotopic (exact) mass is 309 g/mol. The Bertz CT molecular complexity index is 694. The zero-order valence-electron chi connectivity index (χ0n) is 10.8. The number of nitrogens with zero attached hydrogens (tertiary/aromatic N) is 2. The highest BCUT2D eigenvalue weighted by atomic mass is 32.2. The van der Waals surface area contributed by atoms with E-state index in [1.54, 1.807) is 21.7 Å². The third kappa shape index (κ3) is 2.56. The zero-order chi connectivity index (χ0) is 14.2. The standard InChI is InChI=1S/C13H15N3O2S2/c14-13-12(4-1-7-15-13)20(17,18)16(10-5-6-10)9-11-3-2-8-19-11/h1-4,7-8,10H,5-6,9H2,(H2,14,15). The minimum Gasteiger partial charge on any atom is -0.383 e. The van der Waals surface area contributed by atoms with Gasteiger partial charge in [0, 0.05) is 23.7 Å². The van der Waals surface area contributed by atoms with Crippen LogP contribution in [0.3, 0.4) is 0 Å². The Kier molecular flexibility index (Phi) is 3.49. The SMILES string of the molecule is Nc1ncccc1S(=O)(=O)N(Cc1cccs1)C1CC1. The summed E-state index contributed by atoms with van der Waals surface area (Å²) in [5.41, 5.74) is 5.72. The van der Waals surface area contributed by atoms with Gasteiger partial charge in [0.2, 0.25) is 10.0 Å². The molecule has 0 amide bonds. The quantitative estimate of drug-likeness (QED) is 0.917. The lowest BCUT2D eigenvalue weighted by Crippen LogP contribution is -2.33. The third-order valence-electron chi connectivity index (χ3n) is 3.23. The first kappa shape index (κ1) is 13.5. The molecule has 106 valence electrons. The van der Waals surface area contributed by atoms with Gasteiger partial charge in [-0.05, 0) is 36.4 Å². The molecule has 2 N–H and O–H groups in total. The van der Waals surface area contributed by atoms with E-state index in [2.05, 4.69) is 4.98 Å². The maximum atomic E-state index is 12.8. The number of hydrogen-bond acceptors (Lipinski definition) is 5. The van der Waals surface area contributed by atoms with Gasteiger partial charge in [0.25, 0.3) is 0 Å². The fraction of sp³-hybridized carbons (Fsp3) is 0.308. The van der Waals surface area contributed by atoms with Crippen LogP contribution in [0.25, 0.3) is 0 Å². The minimum atomic E-state index is -3.59. The molecule has 1 aliphatic rings. The topological polar surface area (TPSA) is 76.3 Å². The predicted octanol–water partition coefficient (Wildman–Crippen LogP) is 2.08. The number of thiophene rings is 1. The van der Waals surface area contributed by atoms with Crippen LogP contribution >= 0.6 is 11.3 Å². The molecule has 0 atom stereocenters. The van der Waals surface area contributed by atoms with E-state index in [1.807, 2.05) is 17.5 Å². The molecule has 1 aliphatic carbocycles. The van der Waals surface area contributed by atoms with E-state index < -0.39 is 10.0 Å². The molecule has 0 unspecified atom stereocenters. The Hall–Kier alpha value is -1.44. The summed E-state index contributed by atoms with van der Waals surface area (Å²) in [6.45, 7) is 0.402. The molecule has 0 radical (unpaired) electrons. The molecule has 0 saturated heterocycles. The van der Waals surface area contributed by atoms with E-state index in [-0.39, 0.29) is 16.8 Å². The first-order valence-electron chi connectivity index (χ1n) is 6.34. The van der Waals surface area contributed by atoms with Crippen molar-refractivity contribution in [3.05, 3.63) is 40.7 Å². The van der Waals surface area contributed by atoms with Crippen LogP contribution in [0.4, 0.5) is 5.82 Å². The molecule has 0 aliphatic heterocycles. The Morgan fingerprint density at radius 2 is 2.15 bits per heavy atom. The van der Waals surface area contributed by atoms with E-state index in [9.17, 15) is 8.42 Å². The van der Waals surface area contributed by atoms with Gasteiger partial charge in [0.05, 0.1) is 0 Å². The molecule has 7 heteroatoms. The maximum absolute atomic E-state index is 12.8. The van der Waals surface area contributed by atoms with Gasteiger partial charge in [-0.15, -0.1) is 11.3 Å². The van der Waals surface area contributed by atoms with Crippen LogP contribution in [0.15, 0.2) is 40.7 Å². The van der Waals surface area contributed by atoms with Crippen molar-refractivity contribution in [1.29, 1.82) is 0 Å². The fourth-order valence-electron chi connectivity index (χ4n) is 2.08. The van der Waals surface area contributed by atoms with Crippen molar-refractivity contribution in [3.63, 3.8) is 0 Å². The van der Waals surface area contributed by atoms with Crippen LogP contribution in [0.5, 0.6) is 0 Å². The van der Waals surface area contributed by atoms with Crippen LogP contribution < -0.4 is 5.73 Å². The van der Waals surface area contributed by atoms with Crippen molar-refractivity contribution in [1.82, 2.24) is 9.29 Å². The Balaban J connectivity index is 1.96. The van der Waals surface area contributed by atoms with Crippen LogP contribution in [0, 0.1) is 0 Å². The molecule has 5 nitrogen and oxygen atoms in total. The molecule has 2 aromatic heterocycles. The number of anilines is 1. The van der Waals surface area contributed by atoms with Gasteiger partial charge >= 0.3 is 0 Å². The summed E-state index contributed by atoms with van der Waals surface area (Å²) in [6.07, 6.45) is 3.31. The molecule has 0 bridgehead atoms. The molecule has 2 heterocycles. The smallest absolute Gasteiger partial charge is 0.247 e. The second kappa shape index (κ2) is 5.16. The molecule has 1 saturated carbocycles. The molecule has 0 aromatic carbocycles. The van der Waals surface area contributed by atoms with Crippen LogP contribution in [0.1, 0.15) is 17.7 Å². The molecule has 0 spiro atoms. The van der Waals surface area contributed by atoms with Gasteiger partial charge in [-0.2, -0.15) is 4.31 Å². The number of hydrogen-bond donors (Lipinski definition) is 1. The number of sulfonamides is 1. The molecular formula is C13H15N3O2S2. The summed E-state index contributed by atoms with van der Waals surface area (Å²) in [4.78, 5) is 5.01.